The lowest BCUT2D eigenvalue weighted by Gasteiger charge is -2.18. The summed E-state index contributed by atoms with van der Waals surface area (Å²) in [6.07, 6.45) is 1.81. The van der Waals surface area contributed by atoms with Crippen LogP contribution in [0.15, 0.2) is 53.0 Å². The zero-order valence-electron chi connectivity index (χ0n) is 11.2. The lowest BCUT2D eigenvalue weighted by Crippen LogP contribution is -2.38. The van der Waals surface area contributed by atoms with Crippen molar-refractivity contribution in [3.8, 4) is 0 Å². The number of benzene rings is 2. The van der Waals surface area contributed by atoms with Crippen molar-refractivity contribution < 1.29 is 9.18 Å². The molecule has 0 atom stereocenters. The second-order valence-corrected chi connectivity index (χ2v) is 6.10. The van der Waals surface area contributed by atoms with Crippen molar-refractivity contribution in [2.45, 2.75) is 18.4 Å². The SMILES string of the molecule is O=C(Nc1cccc(F)c1)NC1(c2cccc(Br)c2)CC1. The van der Waals surface area contributed by atoms with E-state index in [1.54, 1.807) is 12.1 Å². The molecule has 0 bridgehead atoms. The first-order valence-electron chi connectivity index (χ1n) is 6.68. The van der Waals surface area contributed by atoms with Crippen LogP contribution in [0.3, 0.4) is 0 Å². The molecule has 2 aromatic carbocycles. The van der Waals surface area contributed by atoms with E-state index >= 15 is 0 Å². The Hall–Kier alpha value is -1.88. The van der Waals surface area contributed by atoms with Crippen LogP contribution in [0.25, 0.3) is 0 Å². The summed E-state index contributed by atoms with van der Waals surface area (Å²) in [4.78, 5) is 12.1. The summed E-state index contributed by atoms with van der Waals surface area (Å²) in [5, 5.41) is 5.65. The molecule has 1 aliphatic carbocycles. The van der Waals surface area contributed by atoms with Crippen molar-refractivity contribution in [2.24, 2.45) is 0 Å². The maximum atomic E-state index is 13.1. The first-order chi connectivity index (χ1) is 10.1. The molecular weight excluding hydrogens is 335 g/mol. The minimum Gasteiger partial charge on any atom is -0.328 e. The Morgan fingerprint density at radius 3 is 2.57 bits per heavy atom. The van der Waals surface area contributed by atoms with E-state index in [-0.39, 0.29) is 17.4 Å². The molecule has 108 valence electrons. The fourth-order valence-corrected chi connectivity index (χ4v) is 2.74. The van der Waals surface area contributed by atoms with E-state index in [1.165, 1.54) is 12.1 Å². The van der Waals surface area contributed by atoms with Crippen molar-refractivity contribution in [1.82, 2.24) is 5.32 Å². The monoisotopic (exact) mass is 348 g/mol. The predicted octanol–water partition coefficient (Wildman–Crippen LogP) is 4.40. The summed E-state index contributed by atoms with van der Waals surface area (Å²) >= 11 is 3.44. The molecule has 0 spiro atoms. The maximum Gasteiger partial charge on any atom is 0.319 e. The van der Waals surface area contributed by atoms with E-state index in [1.807, 2.05) is 24.3 Å². The molecule has 3 rings (SSSR count). The van der Waals surface area contributed by atoms with Crippen molar-refractivity contribution >= 4 is 27.6 Å². The first-order valence-corrected chi connectivity index (χ1v) is 7.47. The summed E-state index contributed by atoms with van der Waals surface area (Å²) in [5.74, 6) is -0.374. The Morgan fingerprint density at radius 1 is 1.14 bits per heavy atom. The third-order valence-corrected chi connectivity index (χ3v) is 4.06. The largest absolute Gasteiger partial charge is 0.328 e. The lowest BCUT2D eigenvalue weighted by atomic mass is 10.1. The Morgan fingerprint density at radius 2 is 1.90 bits per heavy atom. The Balaban J connectivity index is 1.70. The zero-order chi connectivity index (χ0) is 14.9. The van der Waals surface area contributed by atoms with Gasteiger partial charge in [0.25, 0.3) is 0 Å². The van der Waals surface area contributed by atoms with Gasteiger partial charge in [-0.2, -0.15) is 0 Å². The summed E-state index contributed by atoms with van der Waals surface area (Å²) < 4.78 is 14.1. The van der Waals surface area contributed by atoms with Crippen LogP contribution in [0.5, 0.6) is 0 Å². The fraction of sp³-hybridized carbons (Fsp3) is 0.188. The summed E-state index contributed by atoms with van der Waals surface area (Å²) in [6.45, 7) is 0. The molecule has 0 unspecified atom stereocenters. The zero-order valence-corrected chi connectivity index (χ0v) is 12.8. The maximum absolute atomic E-state index is 13.1. The van der Waals surface area contributed by atoms with E-state index in [0.717, 1.165) is 22.9 Å². The van der Waals surface area contributed by atoms with E-state index in [4.69, 9.17) is 0 Å². The Bertz CT molecular complexity index is 685. The van der Waals surface area contributed by atoms with Gasteiger partial charge in [0, 0.05) is 10.2 Å². The van der Waals surface area contributed by atoms with E-state index in [9.17, 15) is 9.18 Å². The van der Waals surface area contributed by atoms with Crippen LogP contribution in [0.4, 0.5) is 14.9 Å². The smallest absolute Gasteiger partial charge is 0.319 e. The van der Waals surface area contributed by atoms with Crippen LogP contribution < -0.4 is 10.6 Å². The molecule has 0 radical (unpaired) electrons. The quantitative estimate of drug-likeness (QED) is 0.847. The van der Waals surface area contributed by atoms with Gasteiger partial charge in [-0.1, -0.05) is 34.1 Å². The number of anilines is 1. The molecule has 1 fully saturated rings. The molecule has 2 amide bonds. The van der Waals surface area contributed by atoms with Crippen LogP contribution in [0.2, 0.25) is 0 Å². The highest BCUT2D eigenvalue weighted by Gasteiger charge is 2.45. The van der Waals surface area contributed by atoms with Crippen LogP contribution in [0.1, 0.15) is 18.4 Å². The van der Waals surface area contributed by atoms with Crippen LogP contribution >= 0.6 is 15.9 Å². The van der Waals surface area contributed by atoms with Gasteiger partial charge < -0.3 is 10.6 Å². The van der Waals surface area contributed by atoms with Crippen molar-refractivity contribution in [1.29, 1.82) is 0 Å². The number of carbonyl (C=O) groups is 1. The standard InChI is InChI=1S/C16H14BrFN2O/c17-12-4-1-3-11(9-12)16(7-8-16)20-15(21)19-14-6-2-5-13(18)10-14/h1-6,9-10H,7-8H2,(H2,19,20,21). The average molecular weight is 349 g/mol. The molecule has 21 heavy (non-hydrogen) atoms. The number of amides is 2. The van der Waals surface area contributed by atoms with Gasteiger partial charge in [0.1, 0.15) is 5.82 Å². The third kappa shape index (κ3) is 3.24. The van der Waals surface area contributed by atoms with Crippen LogP contribution in [0, 0.1) is 5.82 Å². The van der Waals surface area contributed by atoms with Crippen molar-refractivity contribution in [3.05, 3.63) is 64.4 Å². The van der Waals surface area contributed by atoms with Gasteiger partial charge in [0.15, 0.2) is 0 Å². The van der Waals surface area contributed by atoms with Gasteiger partial charge in [-0.3, -0.25) is 0 Å². The summed E-state index contributed by atoms with van der Waals surface area (Å²) in [5.41, 5.74) is 1.21. The second kappa shape index (κ2) is 5.48. The molecular formula is C16H14BrFN2O. The number of rotatable bonds is 3. The number of hydrogen-bond acceptors (Lipinski definition) is 1. The molecule has 1 aliphatic rings. The third-order valence-electron chi connectivity index (χ3n) is 3.56. The van der Waals surface area contributed by atoms with Crippen LogP contribution in [-0.4, -0.2) is 6.03 Å². The predicted molar refractivity (Wildman–Crippen MR) is 83.6 cm³/mol. The molecule has 0 aromatic heterocycles. The fourth-order valence-electron chi connectivity index (χ4n) is 2.34. The average Bonchev–Trinajstić information content (AvgIpc) is 3.19. The Kier molecular flexibility index (Phi) is 3.68. The highest BCUT2D eigenvalue weighted by atomic mass is 79.9. The van der Waals surface area contributed by atoms with Gasteiger partial charge in [-0.25, -0.2) is 9.18 Å². The highest BCUT2D eigenvalue weighted by Crippen LogP contribution is 2.46. The van der Waals surface area contributed by atoms with Gasteiger partial charge in [0.2, 0.25) is 0 Å². The number of hydrogen-bond donors (Lipinski definition) is 2. The van der Waals surface area contributed by atoms with Gasteiger partial charge in [-0.15, -0.1) is 0 Å². The number of carbonyl (C=O) groups excluding carboxylic acids is 1. The molecule has 0 heterocycles. The molecule has 2 aromatic rings. The van der Waals surface area contributed by atoms with E-state index < -0.39 is 0 Å². The van der Waals surface area contributed by atoms with E-state index in [0.29, 0.717) is 5.69 Å². The van der Waals surface area contributed by atoms with Gasteiger partial charge >= 0.3 is 6.03 Å². The second-order valence-electron chi connectivity index (χ2n) is 5.18. The minimum absolute atomic E-state index is 0.304. The van der Waals surface area contributed by atoms with Gasteiger partial charge in [-0.05, 0) is 48.7 Å². The lowest BCUT2D eigenvalue weighted by molar-refractivity contribution is 0.247. The topological polar surface area (TPSA) is 41.1 Å². The van der Waals surface area contributed by atoms with Crippen molar-refractivity contribution in [3.63, 3.8) is 0 Å². The minimum atomic E-state index is -0.374. The molecule has 2 N–H and O–H groups in total. The highest BCUT2D eigenvalue weighted by molar-refractivity contribution is 9.10. The molecule has 0 aliphatic heterocycles. The molecule has 5 heteroatoms. The van der Waals surface area contributed by atoms with E-state index in [2.05, 4.69) is 26.6 Å². The summed E-state index contributed by atoms with van der Waals surface area (Å²) in [6, 6.07) is 13.4. The number of halogens is 2. The van der Waals surface area contributed by atoms with Crippen molar-refractivity contribution in [2.75, 3.05) is 5.32 Å². The first kappa shape index (κ1) is 14.1. The summed E-state index contributed by atoms with van der Waals surface area (Å²) in [7, 11) is 0. The molecule has 0 saturated heterocycles. The van der Waals surface area contributed by atoms with Gasteiger partial charge in [0.05, 0.1) is 5.54 Å². The Labute approximate surface area is 130 Å². The number of nitrogens with one attached hydrogen (secondary N) is 2. The van der Waals surface area contributed by atoms with Crippen LogP contribution in [-0.2, 0) is 5.54 Å². The number of urea groups is 1. The molecule has 3 nitrogen and oxygen atoms in total. The normalized spacial score (nSPS) is 15.3. The molecule has 1 saturated carbocycles.